The van der Waals surface area contributed by atoms with Crippen LogP contribution in [0.2, 0.25) is 0 Å². The molecule has 0 spiro atoms. The highest BCUT2D eigenvalue weighted by Crippen LogP contribution is 2.26. The molecule has 0 aromatic heterocycles. The molecule has 0 saturated heterocycles. The van der Waals surface area contributed by atoms with Crippen molar-refractivity contribution in [3.63, 3.8) is 0 Å². The molecule has 31 heavy (non-hydrogen) atoms. The Bertz CT molecular complexity index is 771. The second-order valence-corrected chi connectivity index (χ2v) is 8.90. The van der Waals surface area contributed by atoms with Crippen LogP contribution in [0.25, 0.3) is 0 Å². The highest BCUT2D eigenvalue weighted by atomic mass is 16.6. The van der Waals surface area contributed by atoms with Crippen LogP contribution in [0.4, 0.5) is 4.79 Å². The minimum absolute atomic E-state index is 0.221. The maximum atomic E-state index is 13.3. The Morgan fingerprint density at radius 2 is 1.77 bits per heavy atom. The molecule has 0 saturated carbocycles. The molecule has 0 fully saturated rings. The zero-order valence-electron chi connectivity index (χ0n) is 20.3. The van der Waals surface area contributed by atoms with E-state index in [1.807, 2.05) is 39.0 Å². The van der Waals surface area contributed by atoms with Crippen molar-refractivity contribution >= 4 is 17.9 Å². The fraction of sp³-hybridized carbons (Fsp3) is 0.625. The number of benzene rings is 1. The van der Waals surface area contributed by atoms with Gasteiger partial charge in [-0.15, -0.1) is 0 Å². The first kappa shape index (κ1) is 26.5. The lowest BCUT2D eigenvalue weighted by molar-refractivity contribution is -0.142. The van der Waals surface area contributed by atoms with Crippen molar-refractivity contribution < 1.29 is 19.1 Å². The summed E-state index contributed by atoms with van der Waals surface area (Å²) in [5.41, 5.74) is 2.06. The molecule has 0 heterocycles. The van der Waals surface area contributed by atoms with Gasteiger partial charge in [0.15, 0.2) is 0 Å². The molecule has 0 radical (unpaired) electrons. The third-order valence-electron chi connectivity index (χ3n) is 4.85. The van der Waals surface area contributed by atoms with E-state index in [0.29, 0.717) is 13.1 Å². The van der Waals surface area contributed by atoms with Crippen LogP contribution in [0.15, 0.2) is 18.2 Å². The van der Waals surface area contributed by atoms with Gasteiger partial charge in [0.25, 0.3) is 0 Å². The number of hydrogen-bond donors (Lipinski definition) is 2. The van der Waals surface area contributed by atoms with Crippen LogP contribution in [0.5, 0.6) is 0 Å². The summed E-state index contributed by atoms with van der Waals surface area (Å²) in [6, 6.07) is 4.26. The van der Waals surface area contributed by atoms with Crippen LogP contribution in [-0.4, -0.2) is 47.5 Å². The fourth-order valence-electron chi connectivity index (χ4n) is 3.25. The number of hydrogen-bond acceptors (Lipinski definition) is 4. The van der Waals surface area contributed by atoms with Crippen molar-refractivity contribution in [2.45, 2.75) is 85.9 Å². The van der Waals surface area contributed by atoms with Crippen LogP contribution >= 0.6 is 0 Å². The molecular formula is C24H39N3O4. The molecular weight excluding hydrogens is 394 g/mol. The molecule has 0 bridgehead atoms. The summed E-state index contributed by atoms with van der Waals surface area (Å²) in [4.78, 5) is 40.2. The number of nitrogens with zero attached hydrogens (tertiary/aromatic N) is 1. The van der Waals surface area contributed by atoms with Gasteiger partial charge in [-0.2, -0.15) is 0 Å². The van der Waals surface area contributed by atoms with Crippen LogP contribution in [0.3, 0.4) is 0 Å². The Labute approximate surface area is 186 Å². The predicted octanol–water partition coefficient (Wildman–Crippen LogP) is 4.02. The van der Waals surface area contributed by atoms with Crippen LogP contribution in [0.1, 0.15) is 77.1 Å². The SMILES string of the molecule is CCCCNC(=O)C(c1cc(C)ccc1C)N(CC)C(=O)C(C)NC(=O)OC(C)(C)C. The number of carbonyl (C=O) groups is 3. The van der Waals surface area contributed by atoms with Crippen LogP contribution < -0.4 is 10.6 Å². The Morgan fingerprint density at radius 1 is 1.13 bits per heavy atom. The van der Waals surface area contributed by atoms with Gasteiger partial charge in [0.1, 0.15) is 17.7 Å². The van der Waals surface area contributed by atoms with E-state index in [4.69, 9.17) is 4.74 Å². The minimum atomic E-state index is -0.842. The average Bonchev–Trinajstić information content (AvgIpc) is 2.66. The standard InChI is InChI=1S/C24H39N3O4/c1-9-11-14-25-21(28)20(19-15-16(3)12-13-17(19)4)27(10-2)22(29)18(5)26-23(30)31-24(6,7)8/h12-13,15,18,20H,9-11,14H2,1-8H3,(H,25,28)(H,26,30). The van der Waals surface area contributed by atoms with Crippen molar-refractivity contribution in [3.8, 4) is 0 Å². The molecule has 2 unspecified atom stereocenters. The summed E-state index contributed by atoms with van der Waals surface area (Å²) >= 11 is 0. The zero-order valence-corrected chi connectivity index (χ0v) is 20.3. The van der Waals surface area contributed by atoms with E-state index in [9.17, 15) is 14.4 Å². The number of carbonyl (C=O) groups excluding carboxylic acids is 3. The van der Waals surface area contributed by atoms with Crippen LogP contribution in [0, 0.1) is 13.8 Å². The zero-order chi connectivity index (χ0) is 23.8. The number of ether oxygens (including phenoxy) is 1. The minimum Gasteiger partial charge on any atom is -0.444 e. The number of likely N-dealkylation sites (N-methyl/N-ethyl adjacent to an activating group) is 1. The third kappa shape index (κ3) is 8.23. The highest BCUT2D eigenvalue weighted by molar-refractivity contribution is 5.92. The summed E-state index contributed by atoms with van der Waals surface area (Å²) in [5, 5.41) is 5.55. The first-order chi connectivity index (χ1) is 14.4. The quantitative estimate of drug-likeness (QED) is 0.576. The number of alkyl carbamates (subject to hydrolysis) is 1. The largest absolute Gasteiger partial charge is 0.444 e. The van der Waals surface area contributed by atoms with E-state index < -0.39 is 23.8 Å². The lowest BCUT2D eigenvalue weighted by Crippen LogP contribution is -2.52. The van der Waals surface area contributed by atoms with Crippen LogP contribution in [-0.2, 0) is 14.3 Å². The third-order valence-corrected chi connectivity index (χ3v) is 4.85. The first-order valence-electron chi connectivity index (χ1n) is 11.1. The van der Waals surface area contributed by atoms with E-state index in [-0.39, 0.29) is 11.8 Å². The van der Waals surface area contributed by atoms with E-state index in [1.165, 1.54) is 4.90 Å². The van der Waals surface area contributed by atoms with Crippen molar-refractivity contribution in [2.75, 3.05) is 13.1 Å². The van der Waals surface area contributed by atoms with Gasteiger partial charge in [-0.3, -0.25) is 9.59 Å². The number of nitrogens with one attached hydrogen (secondary N) is 2. The molecule has 0 aliphatic rings. The summed E-state index contributed by atoms with van der Waals surface area (Å²) in [6.45, 7) is 15.5. The molecule has 0 aliphatic heterocycles. The second kappa shape index (κ2) is 11.7. The summed E-state index contributed by atoms with van der Waals surface area (Å²) in [5.74, 6) is -0.563. The van der Waals surface area contributed by atoms with Gasteiger partial charge in [0.2, 0.25) is 11.8 Å². The van der Waals surface area contributed by atoms with Gasteiger partial charge < -0.3 is 20.3 Å². The summed E-state index contributed by atoms with van der Waals surface area (Å²) in [7, 11) is 0. The van der Waals surface area contributed by atoms with Gasteiger partial charge in [-0.25, -0.2) is 4.79 Å². The Balaban J connectivity index is 3.20. The molecule has 2 N–H and O–H groups in total. The first-order valence-corrected chi connectivity index (χ1v) is 11.1. The Kier molecular flexibility index (Phi) is 10.0. The number of rotatable bonds is 9. The molecule has 1 aromatic rings. The van der Waals surface area contributed by atoms with E-state index in [1.54, 1.807) is 27.7 Å². The Hall–Kier alpha value is -2.57. The maximum Gasteiger partial charge on any atom is 0.408 e. The molecule has 0 aliphatic carbocycles. The number of unbranched alkanes of at least 4 members (excludes halogenated alkanes) is 1. The van der Waals surface area contributed by atoms with Gasteiger partial charge in [0.05, 0.1) is 0 Å². The number of aryl methyl sites for hydroxylation is 2. The lowest BCUT2D eigenvalue weighted by atomic mass is 9.96. The molecule has 7 nitrogen and oxygen atoms in total. The average molecular weight is 434 g/mol. The van der Waals surface area contributed by atoms with E-state index in [0.717, 1.165) is 29.5 Å². The lowest BCUT2D eigenvalue weighted by Gasteiger charge is -2.33. The monoisotopic (exact) mass is 433 g/mol. The van der Waals surface area contributed by atoms with Crippen molar-refractivity contribution in [3.05, 3.63) is 34.9 Å². The summed E-state index contributed by atoms with van der Waals surface area (Å²) < 4.78 is 5.26. The van der Waals surface area contributed by atoms with Crippen molar-refractivity contribution in [1.82, 2.24) is 15.5 Å². The number of amides is 3. The summed E-state index contributed by atoms with van der Waals surface area (Å²) in [6.07, 6.45) is 1.16. The van der Waals surface area contributed by atoms with E-state index >= 15 is 0 Å². The molecule has 7 heteroatoms. The molecule has 3 amide bonds. The normalized spacial score (nSPS) is 13.2. The predicted molar refractivity (Wildman–Crippen MR) is 123 cm³/mol. The Morgan fingerprint density at radius 3 is 2.32 bits per heavy atom. The van der Waals surface area contributed by atoms with Crippen molar-refractivity contribution in [1.29, 1.82) is 0 Å². The van der Waals surface area contributed by atoms with Gasteiger partial charge >= 0.3 is 6.09 Å². The molecule has 2 atom stereocenters. The molecule has 1 aromatic carbocycles. The second-order valence-electron chi connectivity index (χ2n) is 8.90. The van der Waals surface area contributed by atoms with E-state index in [2.05, 4.69) is 17.6 Å². The van der Waals surface area contributed by atoms with Gasteiger partial charge in [0, 0.05) is 13.1 Å². The van der Waals surface area contributed by atoms with Gasteiger partial charge in [-0.05, 0) is 66.0 Å². The fourth-order valence-corrected chi connectivity index (χ4v) is 3.25. The molecule has 174 valence electrons. The highest BCUT2D eigenvalue weighted by Gasteiger charge is 2.34. The smallest absolute Gasteiger partial charge is 0.408 e. The topological polar surface area (TPSA) is 87.7 Å². The van der Waals surface area contributed by atoms with Gasteiger partial charge in [-0.1, -0.05) is 37.1 Å². The molecule has 1 rings (SSSR count). The van der Waals surface area contributed by atoms with Crippen molar-refractivity contribution in [2.24, 2.45) is 0 Å². The maximum absolute atomic E-state index is 13.3.